The van der Waals surface area contributed by atoms with Crippen LogP contribution in [0.25, 0.3) is 0 Å². The number of hydrogen-bond donors (Lipinski definition) is 3. The molecule has 0 radical (unpaired) electrons. The number of halogens is 1. The molecule has 3 aromatic carbocycles. The number of nitrogens with zero attached hydrogens (tertiary/aromatic N) is 2. The number of carbonyl (C=O) groups is 1. The van der Waals surface area contributed by atoms with Crippen LogP contribution in [0.5, 0.6) is 5.75 Å². The van der Waals surface area contributed by atoms with Gasteiger partial charge in [-0.05, 0) is 74.2 Å². The predicted molar refractivity (Wildman–Crippen MR) is 152 cm³/mol. The van der Waals surface area contributed by atoms with Gasteiger partial charge < -0.3 is 25.5 Å². The Morgan fingerprint density at radius 2 is 1.68 bits per heavy atom. The van der Waals surface area contributed by atoms with Crippen LogP contribution in [-0.2, 0) is 5.41 Å². The zero-order valence-corrected chi connectivity index (χ0v) is 22.6. The van der Waals surface area contributed by atoms with E-state index in [1.54, 1.807) is 0 Å². The number of benzene rings is 3. The number of aryl methyl sites for hydroxylation is 1. The van der Waals surface area contributed by atoms with Crippen LogP contribution in [0.4, 0.5) is 31.9 Å². The van der Waals surface area contributed by atoms with Crippen LogP contribution in [0, 0.1) is 18.2 Å². The largest absolute Gasteiger partial charge is 0.503 e. The number of nitrogens with one attached hydrogen (secondary N) is 2. The van der Waals surface area contributed by atoms with Gasteiger partial charge in [0, 0.05) is 24.2 Å². The summed E-state index contributed by atoms with van der Waals surface area (Å²) in [6, 6.07) is 17.9. The molecule has 3 N–H and O–H groups in total. The number of amides is 2. The number of carbonyl (C=O) groups excluding carboxylic acids is 1. The lowest BCUT2D eigenvalue weighted by Crippen LogP contribution is -2.46. The van der Waals surface area contributed by atoms with E-state index >= 15 is 0 Å². The Labute approximate surface area is 224 Å². The van der Waals surface area contributed by atoms with E-state index in [0.29, 0.717) is 23.6 Å². The smallest absolute Gasteiger partial charge is 0.323 e. The van der Waals surface area contributed by atoms with Crippen LogP contribution in [-0.4, -0.2) is 42.2 Å². The number of phenolic OH excluding ortho intramolecular Hbond substituents is 1. The number of fused-ring (bicyclic) bond motifs is 2. The summed E-state index contributed by atoms with van der Waals surface area (Å²) in [5.74, 6) is -0.978. The Hall–Kier alpha value is -3.58. The number of anilines is 4. The summed E-state index contributed by atoms with van der Waals surface area (Å²) in [5.41, 5.74) is 4.61. The highest BCUT2D eigenvalue weighted by atomic mass is 19.1. The van der Waals surface area contributed by atoms with E-state index in [1.165, 1.54) is 6.07 Å². The molecule has 0 aliphatic carbocycles. The van der Waals surface area contributed by atoms with E-state index in [4.69, 9.17) is 0 Å². The van der Waals surface area contributed by atoms with Crippen LogP contribution in [0.15, 0.2) is 60.7 Å². The fourth-order valence-corrected chi connectivity index (χ4v) is 5.90. The maximum absolute atomic E-state index is 14.7. The molecule has 2 heterocycles. The Bertz CT molecular complexity index is 1320. The molecule has 0 atom stereocenters. The maximum atomic E-state index is 14.7. The standard InChI is InChI=1S/C31H37FN4O2/c1-21-9-11-22(12-10-21)33-29(38)34-25-7-5-6-8-26(25)36-20-31(23-13-14-24(32)28(37)27(23)36)15-17-35(18-16-31)19-30(2,3)4/h5-14,37H,15-20H2,1-4H3,(H2,33,34,38). The molecule has 200 valence electrons. The molecular weight excluding hydrogens is 479 g/mol. The molecule has 2 aliphatic rings. The second kappa shape index (κ2) is 9.95. The molecule has 1 saturated heterocycles. The summed E-state index contributed by atoms with van der Waals surface area (Å²) in [6.45, 7) is 12.3. The average Bonchev–Trinajstić information content (AvgIpc) is 3.18. The Balaban J connectivity index is 1.44. The highest BCUT2D eigenvalue weighted by Crippen LogP contribution is 2.54. The molecule has 0 aromatic heterocycles. The Kier molecular flexibility index (Phi) is 6.82. The number of piperidine rings is 1. The first-order valence-electron chi connectivity index (χ1n) is 13.3. The van der Waals surface area contributed by atoms with Gasteiger partial charge in [0.2, 0.25) is 0 Å². The fourth-order valence-electron chi connectivity index (χ4n) is 5.90. The van der Waals surface area contributed by atoms with Gasteiger partial charge in [-0.2, -0.15) is 0 Å². The van der Waals surface area contributed by atoms with E-state index in [0.717, 1.165) is 49.3 Å². The maximum Gasteiger partial charge on any atom is 0.323 e. The van der Waals surface area contributed by atoms with Crippen molar-refractivity contribution in [1.82, 2.24) is 4.90 Å². The van der Waals surface area contributed by atoms with E-state index in [2.05, 4.69) is 36.3 Å². The van der Waals surface area contributed by atoms with Crippen LogP contribution in [0.3, 0.4) is 0 Å². The van der Waals surface area contributed by atoms with Crippen molar-refractivity contribution in [3.8, 4) is 5.75 Å². The molecule has 5 rings (SSSR count). The average molecular weight is 517 g/mol. The number of para-hydroxylation sites is 2. The number of aromatic hydroxyl groups is 1. The van der Waals surface area contributed by atoms with Gasteiger partial charge in [0.1, 0.15) is 0 Å². The molecular formula is C31H37FN4O2. The quantitative estimate of drug-likeness (QED) is 0.349. The highest BCUT2D eigenvalue weighted by Gasteiger charge is 2.47. The normalized spacial score (nSPS) is 16.9. The minimum atomic E-state index is -0.640. The van der Waals surface area contributed by atoms with Crippen molar-refractivity contribution in [2.45, 2.75) is 46.0 Å². The summed E-state index contributed by atoms with van der Waals surface area (Å²) < 4.78 is 14.7. The van der Waals surface area contributed by atoms with Gasteiger partial charge in [-0.15, -0.1) is 0 Å². The summed E-state index contributed by atoms with van der Waals surface area (Å²) in [6.07, 6.45) is 1.84. The van der Waals surface area contributed by atoms with E-state index in [9.17, 15) is 14.3 Å². The Morgan fingerprint density at radius 3 is 2.37 bits per heavy atom. The van der Waals surface area contributed by atoms with Crippen molar-refractivity contribution in [2.24, 2.45) is 5.41 Å². The van der Waals surface area contributed by atoms with Gasteiger partial charge in [0.05, 0.1) is 17.1 Å². The lowest BCUT2D eigenvalue weighted by atomic mass is 9.74. The van der Waals surface area contributed by atoms with Crippen molar-refractivity contribution < 1.29 is 14.3 Å². The minimum Gasteiger partial charge on any atom is -0.503 e. The third-order valence-electron chi connectivity index (χ3n) is 7.67. The molecule has 0 bridgehead atoms. The fraction of sp³-hybridized carbons (Fsp3) is 0.387. The SMILES string of the molecule is Cc1ccc(NC(=O)Nc2ccccc2N2CC3(CCN(CC(C)(C)C)CC3)c3ccc(F)c(O)c32)cc1. The monoisotopic (exact) mass is 516 g/mol. The van der Waals surface area contributed by atoms with Crippen LogP contribution in [0.1, 0.15) is 44.7 Å². The molecule has 0 saturated carbocycles. The third kappa shape index (κ3) is 5.20. The predicted octanol–water partition coefficient (Wildman–Crippen LogP) is 7.02. The summed E-state index contributed by atoms with van der Waals surface area (Å²) in [5, 5.41) is 16.8. The van der Waals surface area contributed by atoms with Gasteiger partial charge in [0.25, 0.3) is 0 Å². The van der Waals surface area contributed by atoms with E-state index < -0.39 is 5.82 Å². The number of likely N-dealkylation sites (tertiary alicyclic amines) is 1. The van der Waals surface area contributed by atoms with Crippen molar-refractivity contribution >= 4 is 28.8 Å². The molecule has 7 heteroatoms. The molecule has 0 unspecified atom stereocenters. The van der Waals surface area contributed by atoms with Gasteiger partial charge in [0.15, 0.2) is 11.6 Å². The van der Waals surface area contributed by atoms with Crippen molar-refractivity contribution in [3.63, 3.8) is 0 Å². The molecule has 1 spiro atoms. The van der Waals surface area contributed by atoms with Crippen LogP contribution in [0.2, 0.25) is 0 Å². The van der Waals surface area contributed by atoms with Crippen molar-refractivity contribution in [2.75, 3.05) is 41.7 Å². The number of urea groups is 1. The Morgan fingerprint density at radius 1 is 1.00 bits per heavy atom. The molecule has 2 aliphatic heterocycles. The zero-order chi connectivity index (χ0) is 27.1. The molecule has 1 fully saturated rings. The van der Waals surface area contributed by atoms with Crippen molar-refractivity contribution in [3.05, 3.63) is 77.6 Å². The van der Waals surface area contributed by atoms with Gasteiger partial charge in [-0.3, -0.25) is 0 Å². The van der Waals surface area contributed by atoms with Crippen molar-refractivity contribution in [1.29, 1.82) is 0 Å². The van der Waals surface area contributed by atoms with Crippen LogP contribution >= 0.6 is 0 Å². The first-order chi connectivity index (χ1) is 18.0. The van der Waals surface area contributed by atoms with Gasteiger partial charge in [-0.1, -0.05) is 56.7 Å². The van der Waals surface area contributed by atoms with Crippen LogP contribution < -0.4 is 15.5 Å². The molecule has 2 amide bonds. The third-order valence-corrected chi connectivity index (χ3v) is 7.67. The lowest BCUT2D eigenvalue weighted by molar-refractivity contribution is 0.125. The zero-order valence-electron chi connectivity index (χ0n) is 22.6. The summed E-state index contributed by atoms with van der Waals surface area (Å²) in [7, 11) is 0. The number of rotatable bonds is 4. The molecule has 3 aromatic rings. The van der Waals surface area contributed by atoms with Gasteiger partial charge in [-0.25, -0.2) is 9.18 Å². The molecule has 38 heavy (non-hydrogen) atoms. The first-order valence-corrected chi connectivity index (χ1v) is 13.3. The number of phenols is 1. The van der Waals surface area contributed by atoms with E-state index in [-0.39, 0.29) is 22.6 Å². The second-order valence-electron chi connectivity index (χ2n) is 12.0. The minimum absolute atomic E-state index is 0.202. The molecule has 6 nitrogen and oxygen atoms in total. The lowest BCUT2D eigenvalue weighted by Gasteiger charge is -2.42. The van der Waals surface area contributed by atoms with E-state index in [1.807, 2.05) is 66.4 Å². The second-order valence-corrected chi connectivity index (χ2v) is 12.0. The highest BCUT2D eigenvalue weighted by molar-refractivity contribution is 6.02. The van der Waals surface area contributed by atoms with Gasteiger partial charge >= 0.3 is 6.03 Å². The number of hydrogen-bond acceptors (Lipinski definition) is 4. The summed E-state index contributed by atoms with van der Waals surface area (Å²) in [4.78, 5) is 17.4. The topological polar surface area (TPSA) is 67.8 Å². The summed E-state index contributed by atoms with van der Waals surface area (Å²) >= 11 is 0. The first kappa shape index (κ1) is 26.0.